The smallest absolute Gasteiger partial charge is 0.0257 e. The number of hydrogen-bond donors (Lipinski definition) is 0. The molecular weight excluding hydrogens is 156 g/mol. The highest BCUT2D eigenvalue weighted by Gasteiger charge is 2.07. The SMILES string of the molecule is CCc1ccc(C=C2CCC2)cc1. The van der Waals surface area contributed by atoms with Gasteiger partial charge in [0.15, 0.2) is 0 Å². The van der Waals surface area contributed by atoms with E-state index in [0.29, 0.717) is 0 Å². The Morgan fingerprint density at radius 3 is 2.31 bits per heavy atom. The van der Waals surface area contributed by atoms with E-state index in [2.05, 4.69) is 37.3 Å². The monoisotopic (exact) mass is 172 g/mol. The Bertz CT molecular complexity index is 297. The molecule has 1 aromatic carbocycles. The van der Waals surface area contributed by atoms with Gasteiger partial charge >= 0.3 is 0 Å². The van der Waals surface area contributed by atoms with E-state index in [-0.39, 0.29) is 0 Å². The fourth-order valence-corrected chi connectivity index (χ4v) is 1.61. The molecule has 2 rings (SSSR count). The lowest BCUT2D eigenvalue weighted by atomic mass is 9.90. The Labute approximate surface area is 80.3 Å². The van der Waals surface area contributed by atoms with E-state index in [4.69, 9.17) is 0 Å². The van der Waals surface area contributed by atoms with Crippen LogP contribution in [0.25, 0.3) is 6.08 Å². The van der Waals surface area contributed by atoms with Gasteiger partial charge in [-0.2, -0.15) is 0 Å². The molecule has 0 atom stereocenters. The van der Waals surface area contributed by atoms with E-state index < -0.39 is 0 Å². The van der Waals surface area contributed by atoms with Gasteiger partial charge in [0.2, 0.25) is 0 Å². The number of aryl methyl sites for hydroxylation is 1. The van der Waals surface area contributed by atoms with Gasteiger partial charge in [0.05, 0.1) is 0 Å². The number of rotatable bonds is 2. The predicted octanol–water partition coefficient (Wildman–Crippen LogP) is 3.82. The quantitative estimate of drug-likeness (QED) is 0.636. The zero-order valence-corrected chi connectivity index (χ0v) is 8.22. The molecule has 1 aliphatic rings. The Balaban J connectivity index is 2.13. The Hall–Kier alpha value is -1.04. The lowest BCUT2D eigenvalue weighted by Gasteiger charge is -2.15. The van der Waals surface area contributed by atoms with Crippen molar-refractivity contribution >= 4 is 6.08 Å². The first kappa shape index (κ1) is 8.55. The Kier molecular flexibility index (Phi) is 2.49. The molecule has 0 spiro atoms. The molecule has 0 aliphatic heterocycles. The maximum Gasteiger partial charge on any atom is -0.0257 e. The number of allylic oxidation sites excluding steroid dienone is 1. The lowest BCUT2D eigenvalue weighted by molar-refractivity contribution is 0.670. The van der Waals surface area contributed by atoms with Crippen molar-refractivity contribution in [1.29, 1.82) is 0 Å². The second kappa shape index (κ2) is 3.78. The van der Waals surface area contributed by atoms with Crippen LogP contribution in [0.15, 0.2) is 29.8 Å². The van der Waals surface area contributed by atoms with Crippen molar-refractivity contribution in [3.05, 3.63) is 41.0 Å². The van der Waals surface area contributed by atoms with Crippen LogP contribution >= 0.6 is 0 Å². The molecule has 1 fully saturated rings. The van der Waals surface area contributed by atoms with Gasteiger partial charge in [-0.1, -0.05) is 42.8 Å². The molecule has 0 heteroatoms. The van der Waals surface area contributed by atoms with Crippen LogP contribution in [0.3, 0.4) is 0 Å². The average molecular weight is 172 g/mol. The molecule has 0 amide bonds. The molecule has 0 aromatic heterocycles. The molecule has 0 unspecified atom stereocenters. The minimum Gasteiger partial charge on any atom is -0.0696 e. The summed E-state index contributed by atoms with van der Waals surface area (Å²) in [6.45, 7) is 2.19. The molecule has 68 valence electrons. The summed E-state index contributed by atoms with van der Waals surface area (Å²) in [6.07, 6.45) is 7.49. The number of benzene rings is 1. The first-order valence-electron chi connectivity index (χ1n) is 5.17. The first-order valence-corrected chi connectivity index (χ1v) is 5.17. The second-order valence-corrected chi connectivity index (χ2v) is 3.75. The van der Waals surface area contributed by atoms with Crippen molar-refractivity contribution in [2.24, 2.45) is 0 Å². The van der Waals surface area contributed by atoms with Gasteiger partial charge in [-0.3, -0.25) is 0 Å². The molecule has 0 N–H and O–H groups in total. The maximum atomic E-state index is 2.34. The topological polar surface area (TPSA) is 0 Å². The first-order chi connectivity index (χ1) is 6.38. The van der Waals surface area contributed by atoms with Crippen molar-refractivity contribution in [2.45, 2.75) is 32.6 Å². The summed E-state index contributed by atoms with van der Waals surface area (Å²) in [5.74, 6) is 0. The average Bonchev–Trinajstić information content (AvgIpc) is 2.12. The summed E-state index contributed by atoms with van der Waals surface area (Å²) in [5, 5.41) is 0. The molecule has 0 saturated heterocycles. The predicted molar refractivity (Wildman–Crippen MR) is 57.6 cm³/mol. The molecule has 0 radical (unpaired) electrons. The third kappa shape index (κ3) is 2.00. The summed E-state index contributed by atoms with van der Waals surface area (Å²) < 4.78 is 0. The largest absolute Gasteiger partial charge is 0.0696 e. The van der Waals surface area contributed by atoms with Crippen LogP contribution in [0.5, 0.6) is 0 Å². The zero-order chi connectivity index (χ0) is 9.10. The normalized spacial score (nSPS) is 15.3. The zero-order valence-electron chi connectivity index (χ0n) is 8.22. The van der Waals surface area contributed by atoms with E-state index in [9.17, 15) is 0 Å². The van der Waals surface area contributed by atoms with Crippen LogP contribution in [-0.4, -0.2) is 0 Å². The van der Waals surface area contributed by atoms with Crippen LogP contribution in [0, 0.1) is 0 Å². The molecule has 0 nitrogen and oxygen atoms in total. The van der Waals surface area contributed by atoms with E-state index in [1.165, 1.54) is 30.4 Å². The fourth-order valence-electron chi connectivity index (χ4n) is 1.61. The van der Waals surface area contributed by atoms with Gasteiger partial charge in [-0.15, -0.1) is 0 Å². The van der Waals surface area contributed by atoms with E-state index >= 15 is 0 Å². The third-order valence-corrected chi connectivity index (χ3v) is 2.75. The van der Waals surface area contributed by atoms with Crippen molar-refractivity contribution in [3.8, 4) is 0 Å². The van der Waals surface area contributed by atoms with Crippen LogP contribution in [0.4, 0.5) is 0 Å². The number of hydrogen-bond acceptors (Lipinski definition) is 0. The highest BCUT2D eigenvalue weighted by molar-refractivity contribution is 5.54. The molecule has 1 aromatic rings. The summed E-state index contributed by atoms with van der Waals surface area (Å²) in [7, 11) is 0. The summed E-state index contributed by atoms with van der Waals surface area (Å²) in [4.78, 5) is 0. The molecule has 1 aliphatic carbocycles. The van der Waals surface area contributed by atoms with Crippen molar-refractivity contribution < 1.29 is 0 Å². The van der Waals surface area contributed by atoms with Crippen LogP contribution < -0.4 is 0 Å². The van der Waals surface area contributed by atoms with E-state index in [0.717, 1.165) is 6.42 Å². The van der Waals surface area contributed by atoms with E-state index in [1.54, 1.807) is 5.57 Å². The summed E-state index contributed by atoms with van der Waals surface area (Å²) in [6, 6.07) is 8.91. The minimum atomic E-state index is 1.14. The van der Waals surface area contributed by atoms with Crippen LogP contribution in [-0.2, 0) is 6.42 Å². The van der Waals surface area contributed by atoms with Gasteiger partial charge in [0.25, 0.3) is 0 Å². The molecule has 13 heavy (non-hydrogen) atoms. The van der Waals surface area contributed by atoms with Gasteiger partial charge in [-0.25, -0.2) is 0 Å². The van der Waals surface area contributed by atoms with Crippen molar-refractivity contribution in [3.63, 3.8) is 0 Å². The summed E-state index contributed by atoms with van der Waals surface area (Å²) >= 11 is 0. The summed E-state index contributed by atoms with van der Waals surface area (Å²) in [5.41, 5.74) is 4.41. The molecule has 1 saturated carbocycles. The Morgan fingerprint density at radius 1 is 1.15 bits per heavy atom. The van der Waals surface area contributed by atoms with Crippen LogP contribution in [0.2, 0.25) is 0 Å². The standard InChI is InChI=1S/C13H16/c1-2-11-6-8-13(9-7-11)10-12-4-3-5-12/h6-10H,2-5H2,1H3. The van der Waals surface area contributed by atoms with E-state index in [1.807, 2.05) is 0 Å². The van der Waals surface area contributed by atoms with Gasteiger partial charge in [-0.05, 0) is 36.8 Å². The van der Waals surface area contributed by atoms with Crippen molar-refractivity contribution in [1.82, 2.24) is 0 Å². The van der Waals surface area contributed by atoms with Gasteiger partial charge in [0.1, 0.15) is 0 Å². The van der Waals surface area contributed by atoms with Crippen molar-refractivity contribution in [2.75, 3.05) is 0 Å². The third-order valence-electron chi connectivity index (χ3n) is 2.75. The highest BCUT2D eigenvalue weighted by atomic mass is 14.1. The molecule has 0 heterocycles. The van der Waals surface area contributed by atoms with Gasteiger partial charge < -0.3 is 0 Å². The molecular formula is C13H16. The van der Waals surface area contributed by atoms with Crippen LogP contribution in [0.1, 0.15) is 37.3 Å². The fraction of sp³-hybridized carbons (Fsp3) is 0.385. The Morgan fingerprint density at radius 2 is 1.85 bits per heavy atom. The molecule has 0 bridgehead atoms. The lowest BCUT2D eigenvalue weighted by Crippen LogP contribution is -1.95. The van der Waals surface area contributed by atoms with Gasteiger partial charge in [0, 0.05) is 0 Å². The maximum absolute atomic E-state index is 2.34. The second-order valence-electron chi connectivity index (χ2n) is 3.75. The minimum absolute atomic E-state index is 1.14. The highest BCUT2D eigenvalue weighted by Crippen LogP contribution is 2.27.